The maximum atomic E-state index is 12.9. The smallest absolute Gasteiger partial charge is 0.248 e. The van der Waals surface area contributed by atoms with E-state index in [1.807, 2.05) is 18.2 Å². The van der Waals surface area contributed by atoms with Crippen molar-refractivity contribution in [3.05, 3.63) is 71.4 Å². The maximum absolute atomic E-state index is 12.9. The Morgan fingerprint density at radius 3 is 2.46 bits per heavy atom. The number of methoxy groups -OCH3 is 2. The molecule has 1 amide bonds. The van der Waals surface area contributed by atoms with Crippen LogP contribution in [0.5, 0.6) is 11.5 Å². The van der Waals surface area contributed by atoms with Gasteiger partial charge in [-0.1, -0.05) is 36.4 Å². The van der Waals surface area contributed by atoms with Gasteiger partial charge in [0.1, 0.15) is 0 Å². The van der Waals surface area contributed by atoms with E-state index in [1.165, 1.54) is 5.01 Å². The number of carbonyl (C=O) groups is 1. The van der Waals surface area contributed by atoms with Crippen LogP contribution < -0.4 is 14.9 Å². The first-order valence-corrected chi connectivity index (χ1v) is 8.26. The summed E-state index contributed by atoms with van der Waals surface area (Å²) in [5, 5.41) is 12.4. The number of rotatable bonds is 5. The molecule has 1 aliphatic heterocycles. The summed E-state index contributed by atoms with van der Waals surface area (Å²) in [4.78, 5) is 12.9. The Bertz CT molecular complexity index is 835. The highest BCUT2D eigenvalue weighted by atomic mass is 16.5. The van der Waals surface area contributed by atoms with Gasteiger partial charge in [-0.3, -0.25) is 10.2 Å². The van der Waals surface area contributed by atoms with Crippen LogP contribution in [0.4, 0.5) is 0 Å². The summed E-state index contributed by atoms with van der Waals surface area (Å²) in [6.45, 7) is 1.80. The molecule has 0 fully saturated rings. The van der Waals surface area contributed by atoms with E-state index < -0.39 is 5.72 Å². The van der Waals surface area contributed by atoms with Gasteiger partial charge < -0.3 is 14.6 Å². The molecule has 136 valence electrons. The Labute approximate surface area is 152 Å². The van der Waals surface area contributed by atoms with Crippen molar-refractivity contribution in [2.24, 2.45) is 0 Å². The number of nitrogens with one attached hydrogen (secondary N) is 1. The minimum Gasteiger partial charge on any atom is -0.493 e. The van der Waals surface area contributed by atoms with Crippen molar-refractivity contribution in [1.82, 2.24) is 10.4 Å². The molecule has 26 heavy (non-hydrogen) atoms. The van der Waals surface area contributed by atoms with E-state index in [0.717, 1.165) is 5.56 Å². The van der Waals surface area contributed by atoms with Gasteiger partial charge in [0.15, 0.2) is 11.5 Å². The van der Waals surface area contributed by atoms with Crippen molar-refractivity contribution < 1.29 is 19.4 Å². The van der Waals surface area contributed by atoms with E-state index in [0.29, 0.717) is 22.8 Å². The van der Waals surface area contributed by atoms with Crippen LogP contribution in [-0.2, 0) is 16.9 Å². The number of hydrogen-bond donors (Lipinski definition) is 2. The number of aliphatic hydroxyl groups is 1. The molecule has 0 saturated heterocycles. The minimum atomic E-state index is -1.53. The normalized spacial score (nSPS) is 18.9. The molecule has 6 heteroatoms. The first-order valence-electron chi connectivity index (χ1n) is 8.26. The third-order valence-corrected chi connectivity index (χ3v) is 4.30. The summed E-state index contributed by atoms with van der Waals surface area (Å²) < 4.78 is 10.5. The molecule has 0 saturated carbocycles. The lowest BCUT2D eigenvalue weighted by Crippen LogP contribution is -2.51. The number of ether oxygens (including phenoxy) is 2. The Morgan fingerprint density at radius 2 is 1.81 bits per heavy atom. The van der Waals surface area contributed by atoms with Crippen molar-refractivity contribution in [2.75, 3.05) is 14.2 Å². The molecule has 1 aliphatic rings. The third-order valence-electron chi connectivity index (χ3n) is 4.30. The molecule has 0 unspecified atom stereocenters. The second-order valence-electron chi connectivity index (χ2n) is 6.13. The van der Waals surface area contributed by atoms with Crippen LogP contribution in [0, 0.1) is 0 Å². The van der Waals surface area contributed by atoms with E-state index >= 15 is 0 Å². The van der Waals surface area contributed by atoms with Gasteiger partial charge in [-0.2, -0.15) is 0 Å². The summed E-state index contributed by atoms with van der Waals surface area (Å²) >= 11 is 0. The van der Waals surface area contributed by atoms with Crippen LogP contribution in [-0.4, -0.2) is 30.2 Å². The van der Waals surface area contributed by atoms with Crippen molar-refractivity contribution in [3.8, 4) is 11.5 Å². The zero-order valence-electron chi connectivity index (χ0n) is 15.0. The molecule has 2 N–H and O–H groups in total. The van der Waals surface area contributed by atoms with Crippen LogP contribution in [0.2, 0.25) is 0 Å². The quantitative estimate of drug-likeness (QED) is 0.862. The van der Waals surface area contributed by atoms with E-state index in [9.17, 15) is 9.90 Å². The van der Waals surface area contributed by atoms with Crippen LogP contribution in [0.15, 0.2) is 60.3 Å². The standard InChI is InChI=1S/C20H22N2O4/c1-14-13-20(24,16-7-5-4-6-8-16)22(21-14)19(23)12-15-9-10-17(25-2)18(11-15)26-3/h4-11,13,21,24H,12H2,1-3H3/t20-/m1/s1. The van der Waals surface area contributed by atoms with Gasteiger partial charge in [0, 0.05) is 11.3 Å². The number of benzene rings is 2. The maximum Gasteiger partial charge on any atom is 0.248 e. The van der Waals surface area contributed by atoms with Gasteiger partial charge in [-0.15, -0.1) is 0 Å². The summed E-state index contributed by atoms with van der Waals surface area (Å²) in [6, 6.07) is 14.4. The highest BCUT2D eigenvalue weighted by Gasteiger charge is 2.42. The molecule has 2 aromatic rings. The number of allylic oxidation sites excluding steroid dienone is 1. The molecule has 0 aliphatic carbocycles. The lowest BCUT2D eigenvalue weighted by atomic mass is 10.0. The first-order chi connectivity index (χ1) is 12.5. The Morgan fingerprint density at radius 1 is 1.12 bits per heavy atom. The molecule has 0 spiro atoms. The summed E-state index contributed by atoms with van der Waals surface area (Å²) in [5.41, 5.74) is 3.50. The fraction of sp³-hybridized carbons (Fsp3) is 0.250. The Kier molecular flexibility index (Phi) is 4.86. The average molecular weight is 354 g/mol. The third kappa shape index (κ3) is 3.23. The lowest BCUT2D eigenvalue weighted by Gasteiger charge is -2.33. The van der Waals surface area contributed by atoms with Gasteiger partial charge >= 0.3 is 0 Å². The largest absolute Gasteiger partial charge is 0.493 e. The fourth-order valence-electron chi connectivity index (χ4n) is 3.05. The molecule has 6 nitrogen and oxygen atoms in total. The second kappa shape index (κ2) is 7.09. The average Bonchev–Trinajstić information content (AvgIpc) is 2.98. The summed E-state index contributed by atoms with van der Waals surface area (Å²) in [5.74, 6) is 0.887. The highest BCUT2D eigenvalue weighted by Crippen LogP contribution is 2.33. The Balaban J connectivity index is 1.85. The van der Waals surface area contributed by atoms with Gasteiger partial charge in [0.05, 0.1) is 20.6 Å². The van der Waals surface area contributed by atoms with Crippen molar-refractivity contribution in [1.29, 1.82) is 0 Å². The number of carbonyl (C=O) groups excluding carboxylic acids is 1. The van der Waals surface area contributed by atoms with E-state index in [2.05, 4.69) is 5.43 Å². The molecule has 0 aromatic heterocycles. The van der Waals surface area contributed by atoms with Crippen LogP contribution in [0.3, 0.4) is 0 Å². The zero-order chi connectivity index (χ0) is 18.7. The topological polar surface area (TPSA) is 71.0 Å². The molecule has 1 atom stereocenters. The zero-order valence-corrected chi connectivity index (χ0v) is 15.0. The second-order valence-corrected chi connectivity index (χ2v) is 6.13. The number of hydrogen-bond acceptors (Lipinski definition) is 5. The van der Waals surface area contributed by atoms with E-state index in [4.69, 9.17) is 9.47 Å². The molecular formula is C20H22N2O4. The van der Waals surface area contributed by atoms with Gasteiger partial charge in [0.2, 0.25) is 11.6 Å². The number of amides is 1. The molecule has 0 bridgehead atoms. The minimum absolute atomic E-state index is 0.101. The van der Waals surface area contributed by atoms with Gasteiger partial charge in [-0.05, 0) is 30.7 Å². The molecule has 2 aromatic carbocycles. The predicted octanol–water partition coefficient (Wildman–Crippen LogP) is 2.34. The van der Waals surface area contributed by atoms with Crippen molar-refractivity contribution >= 4 is 5.91 Å². The van der Waals surface area contributed by atoms with Crippen LogP contribution in [0.25, 0.3) is 0 Å². The van der Waals surface area contributed by atoms with E-state index in [-0.39, 0.29) is 12.3 Å². The fourth-order valence-corrected chi connectivity index (χ4v) is 3.05. The molecular weight excluding hydrogens is 332 g/mol. The lowest BCUT2D eigenvalue weighted by molar-refractivity contribution is -0.155. The molecule has 0 radical (unpaired) electrons. The van der Waals surface area contributed by atoms with Gasteiger partial charge in [0.25, 0.3) is 0 Å². The highest BCUT2D eigenvalue weighted by molar-refractivity contribution is 5.80. The predicted molar refractivity (Wildman–Crippen MR) is 97.3 cm³/mol. The van der Waals surface area contributed by atoms with Gasteiger partial charge in [-0.25, -0.2) is 5.01 Å². The monoisotopic (exact) mass is 354 g/mol. The number of nitrogens with zero attached hydrogens (tertiary/aromatic N) is 1. The summed E-state index contributed by atoms with van der Waals surface area (Å²) in [6.07, 6.45) is 1.73. The first kappa shape index (κ1) is 17.8. The van der Waals surface area contributed by atoms with Crippen molar-refractivity contribution in [2.45, 2.75) is 19.1 Å². The Hall–Kier alpha value is -2.99. The summed E-state index contributed by atoms with van der Waals surface area (Å²) in [7, 11) is 3.11. The molecule has 3 rings (SSSR count). The van der Waals surface area contributed by atoms with Crippen LogP contribution in [0.1, 0.15) is 18.1 Å². The number of hydrazine groups is 1. The molecule has 1 heterocycles. The van der Waals surface area contributed by atoms with Crippen molar-refractivity contribution in [3.63, 3.8) is 0 Å². The van der Waals surface area contributed by atoms with Crippen LogP contribution >= 0.6 is 0 Å². The SMILES string of the molecule is COc1ccc(CC(=O)N2NC(C)=C[C@@]2(O)c2ccccc2)cc1OC. The van der Waals surface area contributed by atoms with E-state index in [1.54, 1.807) is 57.6 Å².